The van der Waals surface area contributed by atoms with E-state index in [1.165, 1.54) is 6.07 Å². The first-order valence-corrected chi connectivity index (χ1v) is 6.85. The van der Waals surface area contributed by atoms with Crippen LogP contribution in [0.4, 0.5) is 4.39 Å². The van der Waals surface area contributed by atoms with E-state index in [0.717, 1.165) is 19.3 Å². The van der Waals surface area contributed by atoms with Gasteiger partial charge < -0.3 is 9.52 Å². The number of furan rings is 1. The molecule has 1 N–H and O–H groups in total. The van der Waals surface area contributed by atoms with Gasteiger partial charge in [-0.2, -0.15) is 0 Å². The van der Waals surface area contributed by atoms with E-state index in [9.17, 15) is 9.50 Å². The minimum Gasteiger partial charge on any atom is -0.455 e. The van der Waals surface area contributed by atoms with Gasteiger partial charge in [0.25, 0.3) is 0 Å². The Balaban J connectivity index is 2.15. The Kier molecular flexibility index (Phi) is 2.72. The molecular formula is C16H19FO2. The predicted molar refractivity (Wildman–Crippen MR) is 72.3 cm³/mol. The Bertz CT molecular complexity index is 614. The molecule has 19 heavy (non-hydrogen) atoms. The molecule has 1 aromatic carbocycles. The number of hydrogen-bond acceptors (Lipinski definition) is 2. The smallest absolute Gasteiger partial charge is 0.170 e. The van der Waals surface area contributed by atoms with Crippen LogP contribution in [0.3, 0.4) is 0 Å². The minimum atomic E-state index is -1.00. The van der Waals surface area contributed by atoms with Crippen molar-refractivity contribution in [3.8, 4) is 0 Å². The lowest BCUT2D eigenvalue weighted by atomic mass is 9.64. The summed E-state index contributed by atoms with van der Waals surface area (Å²) >= 11 is 0. The van der Waals surface area contributed by atoms with Crippen LogP contribution in [0.1, 0.15) is 45.3 Å². The van der Waals surface area contributed by atoms with Crippen molar-refractivity contribution in [1.82, 2.24) is 0 Å². The van der Waals surface area contributed by atoms with Crippen LogP contribution in [0.15, 0.2) is 28.7 Å². The molecule has 1 saturated carbocycles. The second-order valence-electron chi connectivity index (χ2n) is 6.22. The molecule has 0 aliphatic heterocycles. The number of fused-ring (bicyclic) bond motifs is 1. The van der Waals surface area contributed by atoms with Gasteiger partial charge in [0.15, 0.2) is 11.4 Å². The standard InChI is InChI=1S/C16H19FO2/c1-15(2)8-3-4-9-16(15,18)13-10-11-6-5-7-12(17)14(11)19-13/h5-7,10,18H,3-4,8-9H2,1-2H3. The zero-order valence-electron chi connectivity index (χ0n) is 11.4. The third-order valence-electron chi connectivity index (χ3n) is 4.61. The molecule has 1 aromatic heterocycles. The number of aliphatic hydroxyl groups is 1. The molecule has 1 aliphatic rings. The summed E-state index contributed by atoms with van der Waals surface area (Å²) < 4.78 is 19.4. The van der Waals surface area contributed by atoms with E-state index >= 15 is 0 Å². The van der Waals surface area contributed by atoms with Gasteiger partial charge in [-0.3, -0.25) is 0 Å². The Morgan fingerprint density at radius 1 is 1.21 bits per heavy atom. The van der Waals surface area contributed by atoms with E-state index in [1.807, 2.05) is 6.07 Å². The molecular weight excluding hydrogens is 243 g/mol. The molecule has 3 rings (SSSR count). The maximum absolute atomic E-state index is 13.7. The van der Waals surface area contributed by atoms with E-state index in [0.29, 0.717) is 17.6 Å². The number of hydrogen-bond donors (Lipinski definition) is 1. The van der Waals surface area contributed by atoms with Crippen LogP contribution in [0.25, 0.3) is 11.0 Å². The molecule has 1 atom stereocenters. The summed E-state index contributed by atoms with van der Waals surface area (Å²) in [6.45, 7) is 4.10. The number of halogens is 1. The van der Waals surface area contributed by atoms with Crippen LogP contribution in [0.5, 0.6) is 0 Å². The highest BCUT2D eigenvalue weighted by Gasteiger charge is 2.48. The van der Waals surface area contributed by atoms with Crippen molar-refractivity contribution in [2.75, 3.05) is 0 Å². The lowest BCUT2D eigenvalue weighted by Crippen LogP contribution is -2.44. The Labute approximate surface area is 112 Å². The number of rotatable bonds is 1. The van der Waals surface area contributed by atoms with Gasteiger partial charge >= 0.3 is 0 Å². The van der Waals surface area contributed by atoms with Gasteiger partial charge in [-0.1, -0.05) is 38.8 Å². The fraction of sp³-hybridized carbons (Fsp3) is 0.500. The van der Waals surface area contributed by atoms with Crippen molar-refractivity contribution in [3.63, 3.8) is 0 Å². The van der Waals surface area contributed by atoms with E-state index < -0.39 is 5.60 Å². The van der Waals surface area contributed by atoms with Crippen molar-refractivity contribution in [1.29, 1.82) is 0 Å². The van der Waals surface area contributed by atoms with Gasteiger partial charge in [0.05, 0.1) is 0 Å². The second-order valence-corrected chi connectivity index (χ2v) is 6.22. The molecule has 102 valence electrons. The molecule has 0 spiro atoms. The molecule has 0 radical (unpaired) electrons. The molecule has 1 unspecified atom stereocenters. The van der Waals surface area contributed by atoms with Crippen LogP contribution >= 0.6 is 0 Å². The number of para-hydroxylation sites is 1. The average Bonchev–Trinajstić information content (AvgIpc) is 2.79. The molecule has 2 aromatic rings. The third kappa shape index (κ3) is 1.79. The zero-order chi connectivity index (χ0) is 13.7. The quantitative estimate of drug-likeness (QED) is 0.828. The summed E-state index contributed by atoms with van der Waals surface area (Å²) in [4.78, 5) is 0. The van der Waals surface area contributed by atoms with Gasteiger partial charge in [-0.05, 0) is 25.0 Å². The first-order chi connectivity index (χ1) is 8.94. The fourth-order valence-corrected chi connectivity index (χ4v) is 3.18. The molecule has 1 aliphatic carbocycles. The molecule has 2 nitrogen and oxygen atoms in total. The highest BCUT2D eigenvalue weighted by atomic mass is 19.1. The van der Waals surface area contributed by atoms with Crippen LogP contribution in [-0.4, -0.2) is 5.11 Å². The van der Waals surface area contributed by atoms with Crippen LogP contribution in [0, 0.1) is 11.2 Å². The summed E-state index contributed by atoms with van der Waals surface area (Å²) in [6.07, 6.45) is 3.70. The van der Waals surface area contributed by atoms with Crippen molar-refractivity contribution >= 4 is 11.0 Å². The fourth-order valence-electron chi connectivity index (χ4n) is 3.18. The van der Waals surface area contributed by atoms with Gasteiger partial charge in [0, 0.05) is 10.8 Å². The summed E-state index contributed by atoms with van der Waals surface area (Å²) in [5.41, 5.74) is -1.01. The van der Waals surface area contributed by atoms with Crippen molar-refractivity contribution in [2.45, 2.75) is 45.1 Å². The molecule has 0 saturated heterocycles. The van der Waals surface area contributed by atoms with Gasteiger partial charge in [0.1, 0.15) is 11.4 Å². The zero-order valence-corrected chi connectivity index (χ0v) is 11.4. The minimum absolute atomic E-state index is 0.243. The van der Waals surface area contributed by atoms with E-state index in [4.69, 9.17) is 4.42 Å². The highest BCUT2D eigenvalue weighted by Crippen LogP contribution is 2.51. The predicted octanol–water partition coefficient (Wildman–Crippen LogP) is 4.36. The maximum atomic E-state index is 13.7. The number of benzene rings is 1. The maximum Gasteiger partial charge on any atom is 0.170 e. The Hall–Kier alpha value is -1.35. The van der Waals surface area contributed by atoms with Gasteiger partial charge in [-0.25, -0.2) is 4.39 Å². The van der Waals surface area contributed by atoms with Gasteiger partial charge in [0.2, 0.25) is 0 Å². The monoisotopic (exact) mass is 262 g/mol. The lowest BCUT2D eigenvalue weighted by molar-refractivity contribution is -0.117. The Morgan fingerprint density at radius 3 is 2.63 bits per heavy atom. The average molecular weight is 262 g/mol. The van der Waals surface area contributed by atoms with Crippen LogP contribution < -0.4 is 0 Å². The lowest BCUT2D eigenvalue weighted by Gasteiger charge is -2.45. The van der Waals surface area contributed by atoms with E-state index in [-0.39, 0.29) is 16.8 Å². The van der Waals surface area contributed by atoms with Crippen LogP contribution in [0.2, 0.25) is 0 Å². The summed E-state index contributed by atoms with van der Waals surface area (Å²) in [7, 11) is 0. The SMILES string of the molecule is CC1(C)CCCCC1(O)c1cc2cccc(F)c2o1. The molecule has 0 bridgehead atoms. The normalized spacial score (nSPS) is 26.7. The Morgan fingerprint density at radius 2 is 1.95 bits per heavy atom. The topological polar surface area (TPSA) is 33.4 Å². The largest absolute Gasteiger partial charge is 0.455 e. The van der Waals surface area contributed by atoms with E-state index in [2.05, 4.69) is 13.8 Å². The first-order valence-electron chi connectivity index (χ1n) is 6.85. The molecule has 0 amide bonds. The molecule has 1 fully saturated rings. The summed E-state index contributed by atoms with van der Waals surface area (Å²) in [6, 6.07) is 6.63. The van der Waals surface area contributed by atoms with Crippen molar-refractivity contribution in [2.24, 2.45) is 5.41 Å². The summed E-state index contributed by atoms with van der Waals surface area (Å²) in [5.74, 6) is 0.123. The third-order valence-corrected chi connectivity index (χ3v) is 4.61. The first kappa shape index (κ1) is 12.7. The second kappa shape index (κ2) is 4.07. The van der Waals surface area contributed by atoms with Crippen molar-refractivity contribution in [3.05, 3.63) is 35.8 Å². The van der Waals surface area contributed by atoms with E-state index in [1.54, 1.807) is 12.1 Å². The van der Waals surface area contributed by atoms with Crippen molar-refractivity contribution < 1.29 is 13.9 Å². The highest BCUT2D eigenvalue weighted by molar-refractivity contribution is 5.78. The molecule has 1 heterocycles. The van der Waals surface area contributed by atoms with Crippen LogP contribution in [-0.2, 0) is 5.60 Å². The molecule has 3 heteroatoms. The summed E-state index contributed by atoms with van der Waals surface area (Å²) in [5, 5.41) is 11.8. The van der Waals surface area contributed by atoms with Gasteiger partial charge in [-0.15, -0.1) is 0 Å².